The van der Waals surface area contributed by atoms with Crippen molar-refractivity contribution in [3.63, 3.8) is 0 Å². The molecule has 2 rings (SSSR count). The van der Waals surface area contributed by atoms with Gasteiger partial charge in [-0.2, -0.15) is 8.78 Å². The molecular formula is C13H14F2N2O3. The minimum atomic E-state index is -2.92. The maximum absolute atomic E-state index is 12.3. The number of aromatic nitrogens is 1. The number of amides is 1. The van der Waals surface area contributed by atoms with Gasteiger partial charge in [-0.1, -0.05) is 6.07 Å². The van der Waals surface area contributed by atoms with Crippen LogP contribution < -0.4 is 4.74 Å². The van der Waals surface area contributed by atoms with Gasteiger partial charge in [-0.15, -0.1) is 0 Å². The number of benzene rings is 1. The van der Waals surface area contributed by atoms with Gasteiger partial charge in [0.25, 0.3) is 5.91 Å². The first-order valence-electron chi connectivity index (χ1n) is 5.96. The number of aliphatic hydroxyl groups is 1. The molecule has 5 nitrogen and oxygen atoms in total. The van der Waals surface area contributed by atoms with Crippen LogP contribution in [-0.4, -0.2) is 47.7 Å². The summed E-state index contributed by atoms with van der Waals surface area (Å²) in [7, 11) is 1.54. The second-order valence-electron chi connectivity index (χ2n) is 4.23. The van der Waals surface area contributed by atoms with Gasteiger partial charge in [0.05, 0.1) is 6.61 Å². The topological polar surface area (TPSA) is 65.6 Å². The van der Waals surface area contributed by atoms with E-state index in [9.17, 15) is 13.6 Å². The molecule has 0 atom stereocenters. The molecule has 0 bridgehead atoms. The molecule has 0 unspecified atom stereocenters. The highest BCUT2D eigenvalue weighted by Crippen LogP contribution is 2.28. The van der Waals surface area contributed by atoms with E-state index in [2.05, 4.69) is 9.72 Å². The summed E-state index contributed by atoms with van der Waals surface area (Å²) in [5.41, 5.74) is 0.783. The van der Waals surface area contributed by atoms with Gasteiger partial charge in [0.1, 0.15) is 11.4 Å². The molecule has 20 heavy (non-hydrogen) atoms. The van der Waals surface area contributed by atoms with Crippen molar-refractivity contribution < 1.29 is 23.4 Å². The number of carbonyl (C=O) groups is 1. The van der Waals surface area contributed by atoms with Crippen LogP contribution in [0.1, 0.15) is 10.5 Å². The minimum Gasteiger partial charge on any atom is -0.434 e. The number of aromatic amines is 1. The van der Waals surface area contributed by atoms with Crippen molar-refractivity contribution in [1.82, 2.24) is 9.88 Å². The highest BCUT2D eigenvalue weighted by atomic mass is 19.3. The van der Waals surface area contributed by atoms with Gasteiger partial charge in [-0.05, 0) is 18.2 Å². The van der Waals surface area contributed by atoms with Crippen LogP contribution in [0, 0.1) is 0 Å². The van der Waals surface area contributed by atoms with Crippen LogP contribution in [-0.2, 0) is 0 Å². The third-order valence-electron chi connectivity index (χ3n) is 2.85. The van der Waals surface area contributed by atoms with Gasteiger partial charge in [-0.3, -0.25) is 4.79 Å². The number of likely N-dealkylation sites (N-methyl/N-ethyl adjacent to an activating group) is 1. The second-order valence-corrected chi connectivity index (χ2v) is 4.23. The van der Waals surface area contributed by atoms with E-state index in [1.165, 1.54) is 17.0 Å². The zero-order valence-corrected chi connectivity index (χ0v) is 10.8. The summed E-state index contributed by atoms with van der Waals surface area (Å²) in [5.74, 6) is -0.323. The minimum absolute atomic E-state index is 0.0117. The molecule has 2 aromatic rings. The van der Waals surface area contributed by atoms with E-state index in [1.54, 1.807) is 19.2 Å². The van der Waals surface area contributed by atoms with Crippen molar-refractivity contribution >= 4 is 16.8 Å². The molecule has 0 aliphatic rings. The predicted octanol–water partition coefficient (Wildman–Crippen LogP) is 1.83. The Morgan fingerprint density at radius 1 is 1.50 bits per heavy atom. The Kier molecular flexibility index (Phi) is 4.19. The van der Waals surface area contributed by atoms with Crippen molar-refractivity contribution in [3.8, 4) is 5.75 Å². The SMILES string of the molecule is CN(CCO)C(=O)c1cc2c(OC(F)F)cccc2[nH]1. The molecular weight excluding hydrogens is 270 g/mol. The quantitative estimate of drug-likeness (QED) is 0.880. The van der Waals surface area contributed by atoms with Crippen LogP contribution in [0.5, 0.6) is 5.75 Å². The highest BCUT2D eigenvalue weighted by molar-refractivity contribution is 5.99. The van der Waals surface area contributed by atoms with Crippen LogP contribution in [0.15, 0.2) is 24.3 Å². The maximum Gasteiger partial charge on any atom is 0.387 e. The zero-order valence-electron chi connectivity index (χ0n) is 10.8. The summed E-state index contributed by atoms with van der Waals surface area (Å²) in [5, 5.41) is 9.22. The number of rotatable bonds is 5. The van der Waals surface area contributed by atoms with Crippen molar-refractivity contribution in [2.75, 3.05) is 20.2 Å². The summed E-state index contributed by atoms with van der Waals surface area (Å²) in [6.07, 6.45) is 0. The number of hydrogen-bond acceptors (Lipinski definition) is 3. The monoisotopic (exact) mass is 284 g/mol. The largest absolute Gasteiger partial charge is 0.434 e. The highest BCUT2D eigenvalue weighted by Gasteiger charge is 2.16. The summed E-state index contributed by atoms with van der Waals surface area (Å²) < 4.78 is 29.0. The van der Waals surface area contributed by atoms with Gasteiger partial charge in [0.2, 0.25) is 0 Å². The average molecular weight is 284 g/mol. The number of alkyl halides is 2. The first kappa shape index (κ1) is 14.3. The molecule has 0 saturated heterocycles. The van der Waals surface area contributed by atoms with Crippen molar-refractivity contribution in [2.45, 2.75) is 6.61 Å². The number of nitrogens with zero attached hydrogens (tertiary/aromatic N) is 1. The Labute approximate surface area is 113 Å². The molecule has 0 radical (unpaired) electrons. The molecule has 7 heteroatoms. The van der Waals surface area contributed by atoms with Crippen LogP contribution in [0.25, 0.3) is 10.9 Å². The average Bonchev–Trinajstić information content (AvgIpc) is 2.82. The normalized spacial score (nSPS) is 11.1. The Bertz CT molecular complexity index is 613. The molecule has 0 fully saturated rings. The third-order valence-corrected chi connectivity index (χ3v) is 2.85. The van der Waals surface area contributed by atoms with Crippen molar-refractivity contribution in [2.24, 2.45) is 0 Å². The molecule has 2 N–H and O–H groups in total. The number of ether oxygens (including phenoxy) is 1. The lowest BCUT2D eigenvalue weighted by molar-refractivity contribution is -0.0487. The van der Waals surface area contributed by atoms with Crippen molar-refractivity contribution in [1.29, 1.82) is 0 Å². The van der Waals surface area contributed by atoms with E-state index < -0.39 is 6.61 Å². The summed E-state index contributed by atoms with van der Waals surface area (Å²) >= 11 is 0. The van der Waals surface area contributed by atoms with Crippen LogP contribution >= 0.6 is 0 Å². The Balaban J connectivity index is 2.36. The van der Waals surface area contributed by atoms with E-state index >= 15 is 0 Å². The standard InChI is InChI=1S/C13H14F2N2O3/c1-17(5-6-18)12(19)10-7-8-9(16-10)3-2-4-11(8)20-13(14)15/h2-4,7,13,16,18H,5-6H2,1H3. The molecule has 1 aromatic carbocycles. The fourth-order valence-electron chi connectivity index (χ4n) is 1.90. The summed E-state index contributed by atoms with van der Waals surface area (Å²) in [6.45, 7) is -2.89. The number of aliphatic hydroxyl groups excluding tert-OH is 1. The zero-order chi connectivity index (χ0) is 14.7. The molecule has 0 aliphatic carbocycles. The number of H-pyrrole nitrogens is 1. The predicted molar refractivity (Wildman–Crippen MR) is 69.0 cm³/mol. The molecule has 0 saturated carbocycles. The van der Waals surface area contributed by atoms with E-state index in [1.807, 2.05) is 0 Å². The fraction of sp³-hybridized carbons (Fsp3) is 0.308. The van der Waals surface area contributed by atoms with Gasteiger partial charge >= 0.3 is 6.61 Å². The van der Waals surface area contributed by atoms with Crippen LogP contribution in [0.4, 0.5) is 8.78 Å². The number of fused-ring (bicyclic) bond motifs is 1. The number of nitrogens with one attached hydrogen (secondary N) is 1. The number of hydrogen-bond donors (Lipinski definition) is 2. The first-order chi connectivity index (χ1) is 9.52. The third kappa shape index (κ3) is 2.88. The Morgan fingerprint density at radius 3 is 2.90 bits per heavy atom. The first-order valence-corrected chi connectivity index (χ1v) is 5.96. The van der Waals surface area contributed by atoms with Crippen LogP contribution in [0.2, 0.25) is 0 Å². The lowest BCUT2D eigenvalue weighted by atomic mass is 10.2. The van der Waals surface area contributed by atoms with Gasteiger partial charge in [-0.25, -0.2) is 0 Å². The van der Waals surface area contributed by atoms with Gasteiger partial charge in [0, 0.05) is 24.5 Å². The Hall–Kier alpha value is -2.15. The van der Waals surface area contributed by atoms with Gasteiger partial charge < -0.3 is 19.7 Å². The maximum atomic E-state index is 12.3. The Morgan fingerprint density at radius 2 is 2.25 bits per heavy atom. The lowest BCUT2D eigenvalue weighted by Gasteiger charge is -2.13. The van der Waals surface area contributed by atoms with Crippen LogP contribution in [0.3, 0.4) is 0 Å². The van der Waals surface area contributed by atoms with E-state index in [0.29, 0.717) is 10.9 Å². The molecule has 0 aliphatic heterocycles. The molecule has 1 aromatic heterocycles. The second kappa shape index (κ2) is 5.87. The van der Waals surface area contributed by atoms with Gasteiger partial charge in [0.15, 0.2) is 0 Å². The molecule has 108 valence electrons. The van der Waals surface area contributed by atoms with Crippen molar-refractivity contribution in [3.05, 3.63) is 30.0 Å². The number of carbonyl (C=O) groups excluding carboxylic acids is 1. The smallest absolute Gasteiger partial charge is 0.387 e. The summed E-state index contributed by atoms with van der Waals surface area (Å²) in [4.78, 5) is 16.2. The van der Waals surface area contributed by atoms with E-state index in [0.717, 1.165) is 0 Å². The molecule has 1 heterocycles. The van der Waals surface area contributed by atoms with E-state index in [4.69, 9.17) is 5.11 Å². The molecule has 1 amide bonds. The summed E-state index contributed by atoms with van der Waals surface area (Å²) in [6, 6.07) is 6.09. The molecule has 0 spiro atoms. The fourth-order valence-corrected chi connectivity index (χ4v) is 1.90. The van der Waals surface area contributed by atoms with E-state index in [-0.39, 0.29) is 30.5 Å². The lowest BCUT2D eigenvalue weighted by Crippen LogP contribution is -2.29. The number of halogens is 2.